The van der Waals surface area contributed by atoms with E-state index in [1.54, 1.807) is 42.5 Å². The molecule has 0 spiro atoms. The van der Waals surface area contributed by atoms with Gasteiger partial charge in [-0.1, -0.05) is 58.4 Å². The smallest absolute Gasteiger partial charge is 0.196 e. The summed E-state index contributed by atoms with van der Waals surface area (Å²) in [5.74, 6) is -0.0955. The van der Waals surface area contributed by atoms with Crippen molar-refractivity contribution < 1.29 is 14.3 Å². The van der Waals surface area contributed by atoms with E-state index in [9.17, 15) is 9.59 Å². The lowest BCUT2D eigenvalue weighted by atomic mass is 9.94. The van der Waals surface area contributed by atoms with Gasteiger partial charge in [0.2, 0.25) is 0 Å². The summed E-state index contributed by atoms with van der Waals surface area (Å²) in [4.78, 5) is 25.4. The van der Waals surface area contributed by atoms with Crippen molar-refractivity contribution >= 4 is 27.5 Å². The Kier molecular flexibility index (Phi) is 2.98. The minimum absolute atomic E-state index is 0.248. The van der Waals surface area contributed by atoms with Crippen LogP contribution in [0.5, 0.6) is 5.75 Å². The van der Waals surface area contributed by atoms with Gasteiger partial charge in [-0.05, 0) is 11.6 Å². The zero-order valence-corrected chi connectivity index (χ0v) is 12.3. The molecule has 0 aliphatic heterocycles. The maximum Gasteiger partial charge on any atom is 0.196 e. The number of hydrogen-bond donors (Lipinski definition) is 0. The lowest BCUT2D eigenvalue weighted by Gasteiger charge is -2.18. The van der Waals surface area contributed by atoms with Crippen LogP contribution in [-0.4, -0.2) is 18.7 Å². The van der Waals surface area contributed by atoms with Gasteiger partial charge in [0.1, 0.15) is 5.75 Å². The molecule has 2 aromatic rings. The third-order valence-electron chi connectivity index (χ3n) is 3.52. The predicted molar refractivity (Wildman–Crippen MR) is 78.7 cm³/mol. The monoisotopic (exact) mass is 330 g/mol. The summed E-state index contributed by atoms with van der Waals surface area (Å²) in [7, 11) is 1.49. The van der Waals surface area contributed by atoms with Crippen molar-refractivity contribution in [3.63, 3.8) is 0 Å². The van der Waals surface area contributed by atoms with Gasteiger partial charge in [0.15, 0.2) is 15.9 Å². The fourth-order valence-electron chi connectivity index (χ4n) is 2.52. The second kappa shape index (κ2) is 4.56. The number of carbonyl (C=O) groups is 2. The van der Waals surface area contributed by atoms with E-state index < -0.39 is 4.32 Å². The summed E-state index contributed by atoms with van der Waals surface area (Å²) in [5, 5.41) is 0. The van der Waals surface area contributed by atoms with Crippen LogP contribution >= 0.6 is 15.9 Å². The number of fused-ring (bicyclic) bond motifs is 1. The quantitative estimate of drug-likeness (QED) is 0.626. The van der Waals surface area contributed by atoms with E-state index in [2.05, 4.69) is 15.9 Å². The van der Waals surface area contributed by atoms with Crippen LogP contribution in [0.15, 0.2) is 48.5 Å². The number of rotatable bonds is 2. The number of carbonyl (C=O) groups excluding carboxylic acids is 2. The summed E-state index contributed by atoms with van der Waals surface area (Å²) in [6.07, 6.45) is 0. The van der Waals surface area contributed by atoms with E-state index >= 15 is 0 Å². The second-order valence-corrected chi connectivity index (χ2v) is 5.76. The highest BCUT2D eigenvalue weighted by Gasteiger charge is 2.53. The molecule has 0 radical (unpaired) electrons. The van der Waals surface area contributed by atoms with Gasteiger partial charge in [-0.2, -0.15) is 0 Å². The van der Waals surface area contributed by atoms with Crippen molar-refractivity contribution in [1.29, 1.82) is 0 Å². The number of halogens is 1. The molecule has 0 bridgehead atoms. The molecule has 1 aliphatic carbocycles. The van der Waals surface area contributed by atoms with Gasteiger partial charge in [0.05, 0.1) is 12.7 Å². The minimum Gasteiger partial charge on any atom is -0.496 e. The molecule has 20 heavy (non-hydrogen) atoms. The van der Waals surface area contributed by atoms with Gasteiger partial charge >= 0.3 is 0 Å². The molecule has 1 unspecified atom stereocenters. The molecule has 0 fully saturated rings. The minimum atomic E-state index is -1.34. The summed E-state index contributed by atoms with van der Waals surface area (Å²) >= 11 is 3.37. The van der Waals surface area contributed by atoms with Crippen molar-refractivity contribution in [3.05, 3.63) is 65.2 Å². The summed E-state index contributed by atoms with van der Waals surface area (Å²) < 4.78 is 3.87. The van der Waals surface area contributed by atoms with Crippen molar-refractivity contribution in [1.82, 2.24) is 0 Å². The number of benzene rings is 2. The molecular weight excluding hydrogens is 320 g/mol. The van der Waals surface area contributed by atoms with E-state index in [4.69, 9.17) is 4.74 Å². The van der Waals surface area contributed by atoms with Crippen LogP contribution in [0, 0.1) is 0 Å². The van der Waals surface area contributed by atoms with Crippen LogP contribution in [0.3, 0.4) is 0 Å². The number of ether oxygens (including phenoxy) is 1. The third-order valence-corrected chi connectivity index (χ3v) is 4.69. The fourth-order valence-corrected chi connectivity index (χ4v) is 3.19. The zero-order valence-electron chi connectivity index (χ0n) is 10.7. The summed E-state index contributed by atoms with van der Waals surface area (Å²) in [6, 6.07) is 14.0. The van der Waals surface area contributed by atoms with E-state index in [-0.39, 0.29) is 11.6 Å². The molecule has 1 aliphatic rings. The first-order chi connectivity index (χ1) is 9.60. The van der Waals surface area contributed by atoms with Gasteiger partial charge in [0.25, 0.3) is 0 Å². The van der Waals surface area contributed by atoms with Crippen LogP contribution in [-0.2, 0) is 4.32 Å². The normalized spacial score (nSPS) is 20.9. The molecule has 2 aromatic carbocycles. The first-order valence-electron chi connectivity index (χ1n) is 6.11. The van der Waals surface area contributed by atoms with Gasteiger partial charge in [0, 0.05) is 5.56 Å². The van der Waals surface area contributed by atoms with Crippen LogP contribution in [0.2, 0.25) is 0 Å². The summed E-state index contributed by atoms with van der Waals surface area (Å²) in [6.45, 7) is 0. The van der Waals surface area contributed by atoms with Crippen molar-refractivity contribution in [3.8, 4) is 5.75 Å². The average Bonchev–Trinajstić information content (AvgIpc) is 2.71. The molecule has 0 aromatic heterocycles. The lowest BCUT2D eigenvalue weighted by molar-refractivity contribution is 0.0871. The first-order valence-corrected chi connectivity index (χ1v) is 6.91. The third kappa shape index (κ3) is 1.58. The van der Waals surface area contributed by atoms with Crippen LogP contribution in [0.1, 0.15) is 26.3 Å². The van der Waals surface area contributed by atoms with Crippen LogP contribution in [0.25, 0.3) is 0 Å². The van der Waals surface area contributed by atoms with Crippen LogP contribution in [0.4, 0.5) is 0 Å². The Morgan fingerprint density at radius 2 is 1.65 bits per heavy atom. The molecule has 1 atom stereocenters. The molecular formula is C16H11BrO3. The first kappa shape index (κ1) is 13.1. The van der Waals surface area contributed by atoms with Crippen molar-refractivity contribution in [2.45, 2.75) is 4.32 Å². The molecule has 0 amide bonds. The van der Waals surface area contributed by atoms with Crippen molar-refractivity contribution in [2.24, 2.45) is 0 Å². The highest BCUT2D eigenvalue weighted by Crippen LogP contribution is 2.46. The molecule has 0 N–H and O–H groups in total. The number of methoxy groups -OCH3 is 1. The average molecular weight is 331 g/mol. The maximum atomic E-state index is 12.8. The Morgan fingerprint density at radius 3 is 2.30 bits per heavy atom. The Balaban J connectivity index is 2.25. The topological polar surface area (TPSA) is 43.4 Å². The molecule has 100 valence electrons. The van der Waals surface area contributed by atoms with Gasteiger partial charge in [-0.25, -0.2) is 0 Å². The molecule has 0 saturated carbocycles. The molecule has 0 heterocycles. The number of Topliss-reactive ketones (excluding diaryl/α,β-unsaturated/α-hetero) is 2. The highest BCUT2D eigenvalue weighted by atomic mass is 79.9. The maximum absolute atomic E-state index is 12.8. The van der Waals surface area contributed by atoms with Gasteiger partial charge in [-0.3, -0.25) is 9.59 Å². The van der Waals surface area contributed by atoms with Gasteiger partial charge < -0.3 is 4.74 Å². The SMILES string of the molecule is COc1cccc2c1C(=O)C(Br)(c1ccccc1)C2=O. The Hall–Kier alpha value is -1.94. The van der Waals surface area contributed by atoms with E-state index in [1.165, 1.54) is 7.11 Å². The fraction of sp³-hybridized carbons (Fsp3) is 0.125. The molecule has 4 heteroatoms. The van der Waals surface area contributed by atoms with Crippen molar-refractivity contribution in [2.75, 3.05) is 7.11 Å². The number of alkyl halides is 1. The van der Waals surface area contributed by atoms with E-state index in [0.29, 0.717) is 22.4 Å². The number of hydrogen-bond acceptors (Lipinski definition) is 3. The standard InChI is InChI=1S/C16H11BrO3/c1-20-12-9-5-8-11-13(12)15(19)16(17,14(11)18)10-6-3-2-4-7-10/h2-9H,1H3. The molecule has 3 rings (SSSR count). The largest absolute Gasteiger partial charge is 0.496 e. The Bertz CT molecular complexity index is 709. The lowest BCUT2D eigenvalue weighted by Crippen LogP contribution is -2.31. The Labute approximate surface area is 124 Å². The molecule has 0 saturated heterocycles. The second-order valence-electron chi connectivity index (χ2n) is 4.57. The zero-order chi connectivity index (χ0) is 14.3. The van der Waals surface area contributed by atoms with E-state index in [0.717, 1.165) is 0 Å². The molecule has 3 nitrogen and oxygen atoms in total. The Morgan fingerprint density at radius 1 is 0.950 bits per heavy atom. The van der Waals surface area contributed by atoms with E-state index in [1.807, 2.05) is 6.07 Å². The van der Waals surface area contributed by atoms with Crippen LogP contribution < -0.4 is 4.74 Å². The highest BCUT2D eigenvalue weighted by molar-refractivity contribution is 9.10. The summed E-state index contributed by atoms with van der Waals surface area (Å²) in [5.41, 5.74) is 1.38. The number of ketones is 2. The predicted octanol–water partition coefficient (Wildman–Crippen LogP) is 3.36. The van der Waals surface area contributed by atoms with Gasteiger partial charge in [-0.15, -0.1) is 0 Å².